The molecular weight excluding hydrogens is 893 g/mol. The van der Waals surface area contributed by atoms with Crippen LogP contribution in [-0.4, -0.2) is 4.57 Å². The summed E-state index contributed by atoms with van der Waals surface area (Å²) in [5.41, 5.74) is 21.8. The lowest BCUT2D eigenvalue weighted by atomic mass is 9.67. The van der Waals surface area contributed by atoms with Gasteiger partial charge in [0.05, 0.1) is 22.1 Å². The van der Waals surface area contributed by atoms with Gasteiger partial charge in [0.15, 0.2) is 0 Å². The van der Waals surface area contributed by atoms with Crippen molar-refractivity contribution in [2.45, 2.75) is 24.7 Å². The Morgan fingerprint density at radius 3 is 1.57 bits per heavy atom. The molecule has 348 valence electrons. The van der Waals surface area contributed by atoms with Gasteiger partial charge in [-0.15, -0.1) is 0 Å². The van der Waals surface area contributed by atoms with Crippen LogP contribution in [0, 0.1) is 0 Å². The van der Waals surface area contributed by atoms with Crippen molar-refractivity contribution in [2.75, 3.05) is 4.90 Å². The van der Waals surface area contributed by atoms with Crippen molar-refractivity contribution >= 4 is 60.4 Å². The number of hydrogen-bond acceptors (Lipinski definition) is 1. The Bertz CT molecular complexity index is 4340. The second-order valence-corrected chi connectivity index (χ2v) is 20.8. The zero-order valence-corrected chi connectivity index (χ0v) is 41.3. The molecule has 2 aliphatic rings. The second kappa shape index (κ2) is 16.1. The lowest BCUT2D eigenvalue weighted by molar-refractivity contribution is 0.660. The van der Waals surface area contributed by atoms with Gasteiger partial charge in [0.25, 0.3) is 0 Å². The summed E-state index contributed by atoms with van der Waals surface area (Å²) in [5.74, 6) is 0. The van der Waals surface area contributed by atoms with Crippen molar-refractivity contribution in [1.29, 1.82) is 0 Å². The first-order chi connectivity index (χ1) is 36.5. The highest BCUT2D eigenvalue weighted by molar-refractivity contribution is 6.15. The third-order valence-electron chi connectivity index (χ3n) is 16.6. The van der Waals surface area contributed by atoms with E-state index in [0.29, 0.717) is 0 Å². The number of aromatic nitrogens is 1. The molecule has 0 spiro atoms. The average Bonchev–Trinajstić information content (AvgIpc) is 4.05. The average molecular weight is 943 g/mol. The topological polar surface area (TPSA) is 8.17 Å². The Morgan fingerprint density at radius 2 is 0.851 bits per heavy atom. The highest BCUT2D eigenvalue weighted by atomic mass is 15.1. The summed E-state index contributed by atoms with van der Waals surface area (Å²) in [7, 11) is 0. The minimum Gasteiger partial charge on any atom is -0.310 e. The predicted octanol–water partition coefficient (Wildman–Crippen LogP) is 18.9. The number of anilines is 3. The van der Waals surface area contributed by atoms with Gasteiger partial charge < -0.3 is 9.47 Å². The van der Waals surface area contributed by atoms with Crippen LogP contribution in [0.4, 0.5) is 17.1 Å². The van der Waals surface area contributed by atoms with E-state index in [4.69, 9.17) is 0 Å². The van der Waals surface area contributed by atoms with E-state index < -0.39 is 5.41 Å². The summed E-state index contributed by atoms with van der Waals surface area (Å²) < 4.78 is 2.44. The van der Waals surface area contributed by atoms with Crippen LogP contribution in [0.1, 0.15) is 47.2 Å². The third kappa shape index (κ3) is 6.06. The van der Waals surface area contributed by atoms with E-state index in [9.17, 15) is 0 Å². The number of benzene rings is 12. The maximum Gasteiger partial charge on any atom is 0.0713 e. The van der Waals surface area contributed by atoms with Crippen molar-refractivity contribution in [3.05, 3.63) is 300 Å². The number of fused-ring (bicyclic) bond motifs is 12. The molecule has 0 radical (unpaired) electrons. The third-order valence-corrected chi connectivity index (χ3v) is 16.6. The molecule has 15 rings (SSSR count). The molecule has 0 bridgehead atoms. The number of nitrogens with zero attached hydrogens (tertiary/aromatic N) is 2. The van der Waals surface area contributed by atoms with Gasteiger partial charge in [-0.3, -0.25) is 0 Å². The monoisotopic (exact) mass is 942 g/mol. The molecule has 12 aromatic carbocycles. The Morgan fingerprint density at radius 1 is 0.324 bits per heavy atom. The van der Waals surface area contributed by atoms with Crippen molar-refractivity contribution in [1.82, 2.24) is 4.57 Å². The van der Waals surface area contributed by atoms with Crippen LogP contribution in [0.5, 0.6) is 0 Å². The quantitative estimate of drug-likeness (QED) is 0.145. The fraction of sp³-hybridized carbons (Fsp3) is 0.0556. The zero-order valence-electron chi connectivity index (χ0n) is 41.3. The zero-order chi connectivity index (χ0) is 49.1. The molecule has 0 amide bonds. The van der Waals surface area contributed by atoms with E-state index in [0.717, 1.165) is 22.7 Å². The van der Waals surface area contributed by atoms with Gasteiger partial charge in [0.2, 0.25) is 0 Å². The normalized spacial score (nSPS) is 13.8. The molecular formula is C72H50N2. The van der Waals surface area contributed by atoms with E-state index in [2.05, 4.69) is 290 Å². The molecule has 1 heterocycles. The predicted molar refractivity (Wildman–Crippen MR) is 311 cm³/mol. The smallest absolute Gasteiger partial charge is 0.0713 e. The minimum atomic E-state index is -0.502. The minimum absolute atomic E-state index is 0.139. The largest absolute Gasteiger partial charge is 0.310 e. The van der Waals surface area contributed by atoms with Gasteiger partial charge >= 0.3 is 0 Å². The first kappa shape index (κ1) is 42.4. The highest BCUT2D eigenvalue weighted by Crippen LogP contribution is 2.57. The Labute approximate surface area is 431 Å². The molecule has 0 aliphatic heterocycles. The first-order valence-electron chi connectivity index (χ1n) is 25.9. The maximum absolute atomic E-state index is 2.50. The van der Waals surface area contributed by atoms with Gasteiger partial charge in [-0.05, 0) is 150 Å². The molecule has 2 aliphatic carbocycles. The number of hydrogen-bond donors (Lipinski definition) is 0. The maximum atomic E-state index is 2.50. The van der Waals surface area contributed by atoms with Gasteiger partial charge in [-0.1, -0.05) is 214 Å². The molecule has 74 heavy (non-hydrogen) atoms. The van der Waals surface area contributed by atoms with Crippen molar-refractivity contribution in [3.8, 4) is 39.1 Å². The summed E-state index contributed by atoms with van der Waals surface area (Å²) in [6.07, 6.45) is 0. The fourth-order valence-electron chi connectivity index (χ4n) is 13.3. The van der Waals surface area contributed by atoms with E-state index in [-0.39, 0.29) is 5.41 Å². The molecule has 0 saturated heterocycles. The van der Waals surface area contributed by atoms with Crippen LogP contribution in [0.25, 0.3) is 82.4 Å². The van der Waals surface area contributed by atoms with Gasteiger partial charge in [0.1, 0.15) is 0 Å². The summed E-state index contributed by atoms with van der Waals surface area (Å²) in [6, 6.07) is 99.7. The lowest BCUT2D eigenvalue weighted by Gasteiger charge is -2.34. The molecule has 0 atom stereocenters. The van der Waals surface area contributed by atoms with E-state index in [1.165, 1.54) is 110 Å². The van der Waals surface area contributed by atoms with Crippen LogP contribution in [0.2, 0.25) is 0 Å². The van der Waals surface area contributed by atoms with E-state index in [1.807, 2.05) is 0 Å². The Balaban J connectivity index is 0.915. The fourth-order valence-corrected chi connectivity index (χ4v) is 13.3. The van der Waals surface area contributed by atoms with E-state index >= 15 is 0 Å². The molecule has 0 N–H and O–H groups in total. The second-order valence-electron chi connectivity index (χ2n) is 20.8. The van der Waals surface area contributed by atoms with Crippen LogP contribution < -0.4 is 4.90 Å². The molecule has 0 fully saturated rings. The molecule has 0 saturated carbocycles. The molecule has 0 unspecified atom stereocenters. The number of para-hydroxylation sites is 1. The summed E-state index contributed by atoms with van der Waals surface area (Å²) in [5, 5.41) is 7.40. The summed E-state index contributed by atoms with van der Waals surface area (Å²) in [6.45, 7) is 4.74. The van der Waals surface area contributed by atoms with Crippen LogP contribution in [0.3, 0.4) is 0 Å². The molecule has 2 heteroatoms. The standard InChI is InChI=1S/C72H50N2/c1-71(2)64-30-16-13-26-57(64)60-40-39-54(46-67(60)71)73(70-44-49-19-9-10-24-55(49)56-25-11-12-29-61(56)70)53-37-33-47(34-38-53)48-35-41-68-62(43-48)63-45-51(36-42-69(63)74(68)52-22-7-4-8-23-52)72(50-20-5-3-6-21-50)65-31-17-14-27-58(65)59-28-15-18-32-66(59)72/h3-46H,1-2H3. The SMILES string of the molecule is CC1(C)c2ccccc2-c2ccc(N(c3ccc(-c4ccc5c(c4)c4cc(C6(c7ccccc7)c7ccccc7-c7ccccc76)ccc4n5-c4ccccc4)cc3)c3cc4ccccc4c4ccccc34)cc21. The molecule has 13 aromatic rings. The van der Waals surface area contributed by atoms with Crippen LogP contribution in [-0.2, 0) is 10.8 Å². The first-order valence-corrected chi connectivity index (χ1v) is 25.9. The molecule has 2 nitrogen and oxygen atoms in total. The Hall–Kier alpha value is -9.24. The van der Waals surface area contributed by atoms with E-state index in [1.54, 1.807) is 0 Å². The van der Waals surface area contributed by atoms with Crippen molar-refractivity contribution in [2.24, 2.45) is 0 Å². The van der Waals surface area contributed by atoms with Gasteiger partial charge in [-0.25, -0.2) is 0 Å². The van der Waals surface area contributed by atoms with Crippen molar-refractivity contribution in [3.63, 3.8) is 0 Å². The lowest BCUT2D eigenvalue weighted by Crippen LogP contribution is -2.28. The Kier molecular flexibility index (Phi) is 9.25. The van der Waals surface area contributed by atoms with Crippen molar-refractivity contribution < 1.29 is 0 Å². The van der Waals surface area contributed by atoms with Gasteiger partial charge in [0, 0.05) is 38.6 Å². The van der Waals surface area contributed by atoms with Gasteiger partial charge in [-0.2, -0.15) is 0 Å². The highest BCUT2D eigenvalue weighted by Gasteiger charge is 2.46. The van der Waals surface area contributed by atoms with Crippen LogP contribution in [0.15, 0.2) is 267 Å². The summed E-state index contributed by atoms with van der Waals surface area (Å²) in [4.78, 5) is 2.48. The molecule has 1 aromatic heterocycles. The summed E-state index contributed by atoms with van der Waals surface area (Å²) >= 11 is 0. The number of rotatable bonds is 7. The van der Waals surface area contributed by atoms with Crippen LogP contribution >= 0.6 is 0 Å².